The second-order valence-corrected chi connectivity index (χ2v) is 6.05. The van der Waals surface area contributed by atoms with Crippen molar-refractivity contribution in [3.63, 3.8) is 0 Å². The summed E-state index contributed by atoms with van der Waals surface area (Å²) in [5.74, 6) is -0.822. The fourth-order valence-corrected chi connectivity index (χ4v) is 2.46. The molecule has 5 nitrogen and oxygen atoms in total. The average molecular weight is 413 g/mol. The Kier molecular flexibility index (Phi) is 6.09. The van der Waals surface area contributed by atoms with Crippen molar-refractivity contribution in [3.8, 4) is 0 Å². The normalized spacial score (nSPS) is 9.83. The van der Waals surface area contributed by atoms with E-state index >= 15 is 0 Å². The first-order valence-electron chi connectivity index (χ1n) is 6.39. The molecule has 0 aromatic heterocycles. The van der Waals surface area contributed by atoms with Crippen LogP contribution in [0.3, 0.4) is 0 Å². The maximum Gasteiger partial charge on any atom is 0.270 e. The molecule has 0 aliphatic heterocycles. The first-order chi connectivity index (χ1) is 11.0. The van der Waals surface area contributed by atoms with Crippen LogP contribution in [0.15, 0.2) is 53.0 Å². The van der Waals surface area contributed by atoms with E-state index in [1.54, 1.807) is 42.5 Å². The van der Waals surface area contributed by atoms with E-state index in [-0.39, 0.29) is 5.11 Å². The minimum absolute atomic E-state index is 0.0321. The number of thiocarbonyl (C=S) groups is 1. The van der Waals surface area contributed by atoms with Crippen molar-refractivity contribution in [2.24, 2.45) is 0 Å². The van der Waals surface area contributed by atoms with E-state index in [2.05, 4.69) is 32.1 Å². The van der Waals surface area contributed by atoms with Crippen LogP contribution in [0.5, 0.6) is 0 Å². The van der Waals surface area contributed by atoms with Crippen LogP contribution in [0.1, 0.15) is 20.7 Å². The monoisotopic (exact) mass is 411 g/mol. The van der Waals surface area contributed by atoms with Gasteiger partial charge in [0.2, 0.25) is 0 Å². The molecule has 0 saturated heterocycles. The Morgan fingerprint density at radius 2 is 1.74 bits per heavy atom. The van der Waals surface area contributed by atoms with E-state index in [1.165, 1.54) is 6.07 Å². The average Bonchev–Trinajstić information content (AvgIpc) is 2.53. The number of halogens is 2. The molecule has 0 fully saturated rings. The van der Waals surface area contributed by atoms with Gasteiger partial charge in [0.05, 0.1) is 5.56 Å². The number of hydrogen-bond donors (Lipinski definition) is 3. The van der Waals surface area contributed by atoms with E-state index in [0.29, 0.717) is 20.6 Å². The Labute approximate surface area is 151 Å². The highest BCUT2D eigenvalue weighted by atomic mass is 79.9. The summed E-state index contributed by atoms with van der Waals surface area (Å²) in [5.41, 5.74) is 5.67. The van der Waals surface area contributed by atoms with E-state index in [1.807, 2.05) is 0 Å². The fourth-order valence-electron chi connectivity index (χ4n) is 1.66. The maximum absolute atomic E-state index is 12.0. The van der Waals surface area contributed by atoms with Crippen molar-refractivity contribution in [3.05, 3.63) is 69.2 Å². The van der Waals surface area contributed by atoms with Crippen LogP contribution >= 0.6 is 39.7 Å². The molecule has 0 radical (unpaired) electrons. The molecule has 0 aliphatic rings. The number of amides is 2. The van der Waals surface area contributed by atoms with Crippen LogP contribution < -0.4 is 16.2 Å². The number of rotatable bonds is 2. The smallest absolute Gasteiger partial charge is 0.270 e. The first kappa shape index (κ1) is 17.4. The summed E-state index contributed by atoms with van der Waals surface area (Å²) in [7, 11) is 0. The third-order valence-electron chi connectivity index (χ3n) is 2.72. The molecule has 0 heterocycles. The number of carbonyl (C=O) groups is 2. The molecular weight excluding hydrogens is 402 g/mol. The summed E-state index contributed by atoms with van der Waals surface area (Å²) in [6.45, 7) is 0. The molecule has 2 amide bonds. The Morgan fingerprint density at radius 3 is 2.43 bits per heavy atom. The molecule has 2 aromatic rings. The van der Waals surface area contributed by atoms with Gasteiger partial charge in [0.1, 0.15) is 0 Å². The van der Waals surface area contributed by atoms with Crippen molar-refractivity contribution in [1.82, 2.24) is 16.2 Å². The van der Waals surface area contributed by atoms with Crippen molar-refractivity contribution < 1.29 is 9.59 Å². The minimum atomic E-state index is -0.430. The highest BCUT2D eigenvalue weighted by Crippen LogP contribution is 2.15. The van der Waals surface area contributed by atoms with Gasteiger partial charge in [-0.05, 0) is 58.5 Å². The van der Waals surface area contributed by atoms with Crippen LogP contribution in [0.2, 0.25) is 5.02 Å². The molecule has 118 valence electrons. The van der Waals surface area contributed by atoms with E-state index in [0.717, 1.165) is 0 Å². The molecule has 0 atom stereocenters. The van der Waals surface area contributed by atoms with Crippen molar-refractivity contribution in [2.45, 2.75) is 0 Å². The van der Waals surface area contributed by atoms with Gasteiger partial charge in [-0.2, -0.15) is 0 Å². The Bertz CT molecular complexity index is 770. The van der Waals surface area contributed by atoms with Gasteiger partial charge in [0, 0.05) is 15.1 Å². The third kappa shape index (κ3) is 5.02. The van der Waals surface area contributed by atoms with Gasteiger partial charge in [0.15, 0.2) is 5.11 Å². The van der Waals surface area contributed by atoms with Crippen molar-refractivity contribution in [1.29, 1.82) is 0 Å². The Morgan fingerprint density at radius 1 is 1.00 bits per heavy atom. The standard InChI is InChI=1S/C15H11BrClN3O2S/c16-12-7-2-1-6-11(12)14(22)19-20-15(23)18-13(21)9-4-3-5-10(17)8-9/h1-8H,(H,19,22)(H2,18,20,21,23). The second-order valence-electron chi connectivity index (χ2n) is 4.35. The minimum Gasteiger partial charge on any atom is -0.298 e. The van der Waals surface area contributed by atoms with Gasteiger partial charge in [-0.3, -0.25) is 25.8 Å². The molecule has 3 N–H and O–H groups in total. The lowest BCUT2D eigenvalue weighted by Gasteiger charge is -2.11. The summed E-state index contributed by atoms with van der Waals surface area (Å²) < 4.78 is 0.646. The third-order valence-corrected chi connectivity index (χ3v) is 3.85. The second kappa shape index (κ2) is 8.05. The summed E-state index contributed by atoms with van der Waals surface area (Å²) in [6, 6.07) is 13.4. The predicted octanol–water partition coefficient (Wildman–Crippen LogP) is 3.05. The van der Waals surface area contributed by atoms with Gasteiger partial charge in [0.25, 0.3) is 11.8 Å². The highest BCUT2D eigenvalue weighted by Gasteiger charge is 2.11. The highest BCUT2D eigenvalue weighted by molar-refractivity contribution is 9.10. The molecule has 0 bridgehead atoms. The number of nitrogens with one attached hydrogen (secondary N) is 3. The summed E-state index contributed by atoms with van der Waals surface area (Å²) >= 11 is 14.1. The molecule has 0 saturated carbocycles. The fraction of sp³-hybridized carbons (Fsp3) is 0. The lowest BCUT2D eigenvalue weighted by molar-refractivity contribution is 0.0934. The van der Waals surface area contributed by atoms with Gasteiger partial charge >= 0.3 is 0 Å². The molecule has 2 rings (SSSR count). The van der Waals surface area contributed by atoms with Crippen LogP contribution in [-0.2, 0) is 0 Å². The Balaban J connectivity index is 1.89. The van der Waals surface area contributed by atoms with Crippen LogP contribution in [-0.4, -0.2) is 16.9 Å². The quantitative estimate of drug-likeness (QED) is 0.524. The number of hydrogen-bond acceptors (Lipinski definition) is 3. The molecule has 0 aliphatic carbocycles. The summed E-state index contributed by atoms with van der Waals surface area (Å²) in [5, 5.41) is 2.85. The lowest BCUT2D eigenvalue weighted by atomic mass is 10.2. The van der Waals surface area contributed by atoms with Crippen molar-refractivity contribution in [2.75, 3.05) is 0 Å². The zero-order valence-corrected chi connectivity index (χ0v) is 14.8. The molecule has 8 heteroatoms. The number of carbonyl (C=O) groups excluding carboxylic acids is 2. The van der Waals surface area contributed by atoms with E-state index in [4.69, 9.17) is 23.8 Å². The van der Waals surface area contributed by atoms with E-state index < -0.39 is 11.8 Å². The van der Waals surface area contributed by atoms with Gasteiger partial charge < -0.3 is 0 Å². The van der Waals surface area contributed by atoms with Gasteiger partial charge in [-0.15, -0.1) is 0 Å². The van der Waals surface area contributed by atoms with Crippen LogP contribution in [0.25, 0.3) is 0 Å². The van der Waals surface area contributed by atoms with Crippen LogP contribution in [0, 0.1) is 0 Å². The van der Waals surface area contributed by atoms with Gasteiger partial charge in [-0.1, -0.05) is 29.8 Å². The van der Waals surface area contributed by atoms with Crippen LogP contribution in [0.4, 0.5) is 0 Å². The maximum atomic E-state index is 12.0. The molecule has 23 heavy (non-hydrogen) atoms. The topological polar surface area (TPSA) is 70.2 Å². The zero-order valence-electron chi connectivity index (χ0n) is 11.6. The molecule has 0 unspecified atom stereocenters. The first-order valence-corrected chi connectivity index (χ1v) is 7.97. The SMILES string of the molecule is O=C(NC(=S)NNC(=O)c1ccccc1Br)c1cccc(Cl)c1. The van der Waals surface area contributed by atoms with E-state index in [9.17, 15) is 9.59 Å². The predicted molar refractivity (Wildman–Crippen MR) is 96.3 cm³/mol. The number of hydrazine groups is 1. The largest absolute Gasteiger partial charge is 0.298 e. The summed E-state index contributed by atoms with van der Waals surface area (Å²) in [6.07, 6.45) is 0. The molecule has 0 spiro atoms. The van der Waals surface area contributed by atoms with Gasteiger partial charge in [-0.25, -0.2) is 0 Å². The molecular formula is C15H11BrClN3O2S. The number of benzene rings is 2. The lowest BCUT2D eigenvalue weighted by Crippen LogP contribution is -2.48. The van der Waals surface area contributed by atoms with Crippen molar-refractivity contribution >= 4 is 56.7 Å². The molecule has 2 aromatic carbocycles. The zero-order chi connectivity index (χ0) is 16.8. The summed E-state index contributed by atoms with van der Waals surface area (Å²) in [4.78, 5) is 23.9. The Hall–Kier alpha value is -1.96.